The van der Waals surface area contributed by atoms with E-state index in [0.29, 0.717) is 0 Å². The quantitative estimate of drug-likeness (QED) is 0.224. The summed E-state index contributed by atoms with van der Waals surface area (Å²) < 4.78 is 0. The predicted octanol–water partition coefficient (Wildman–Crippen LogP) is -6.57. The molecule has 0 unspecified atom stereocenters. The summed E-state index contributed by atoms with van der Waals surface area (Å²) in [6.07, 6.45) is 0. The van der Waals surface area contributed by atoms with Gasteiger partial charge in [0, 0.05) is 0 Å². The van der Waals surface area contributed by atoms with Gasteiger partial charge in [-0.15, -0.1) is 0 Å². The molecule has 3 aromatic heterocycles. The van der Waals surface area contributed by atoms with Crippen LogP contribution in [-0.2, 0) is 0 Å². The maximum atomic E-state index is 10.2. The molecular formula is C21H9Eu2N3O12. The molecule has 0 fully saturated rings. The molecule has 0 aliphatic heterocycles. The molecule has 0 bridgehead atoms. The third-order valence-corrected chi connectivity index (χ3v) is 3.50. The zero-order valence-corrected chi connectivity index (χ0v) is 23.0. The van der Waals surface area contributed by atoms with E-state index in [9.17, 15) is 59.4 Å². The number of hydrogen-bond donors (Lipinski definition) is 0. The molecule has 0 amide bonds. The zero-order valence-electron chi connectivity index (χ0n) is 18.2. The number of carboxylic acid groups (broad SMARTS) is 6. The van der Waals surface area contributed by atoms with Crippen LogP contribution in [0.3, 0.4) is 0 Å². The van der Waals surface area contributed by atoms with E-state index in [0.717, 1.165) is 36.4 Å². The Labute approximate surface area is 293 Å². The number of nitrogens with zero attached hydrogens (tertiary/aromatic N) is 3. The molecule has 38 heavy (non-hydrogen) atoms. The Morgan fingerprint density at radius 1 is 0.368 bits per heavy atom. The van der Waals surface area contributed by atoms with E-state index < -0.39 is 70.0 Å². The largest absolute Gasteiger partial charge is 3.00 e. The van der Waals surface area contributed by atoms with Gasteiger partial charge in [0.1, 0.15) is 0 Å². The first-order valence-corrected chi connectivity index (χ1v) is 9.02. The molecule has 0 N–H and O–H groups in total. The maximum Gasteiger partial charge on any atom is 3.00 e. The number of aromatic nitrogens is 3. The third kappa shape index (κ3) is 13.3. The number of carboxylic acids is 6. The summed E-state index contributed by atoms with van der Waals surface area (Å²) in [5, 5.41) is 61.1. The van der Waals surface area contributed by atoms with Crippen LogP contribution in [-0.4, -0.2) is 50.8 Å². The summed E-state index contributed by atoms with van der Waals surface area (Å²) in [5.74, 6) is -9.09. The number of carbonyl (C=O) groups excluding carboxylic acids is 6. The fourth-order valence-electron chi connectivity index (χ4n) is 1.99. The topological polar surface area (TPSA) is 279 Å². The van der Waals surface area contributed by atoms with Crippen molar-refractivity contribution in [3.8, 4) is 0 Å². The smallest absolute Gasteiger partial charge is 0.543 e. The summed E-state index contributed by atoms with van der Waals surface area (Å²) in [5.41, 5.74) is -2.52. The molecule has 0 aliphatic rings. The van der Waals surface area contributed by atoms with E-state index in [1.165, 1.54) is 18.2 Å². The Bertz CT molecular complexity index is 1090. The molecule has 3 aromatic rings. The second-order valence-electron chi connectivity index (χ2n) is 5.95. The zero-order chi connectivity index (χ0) is 27.4. The summed E-state index contributed by atoms with van der Waals surface area (Å²) in [6, 6.07) is 10.6. The molecule has 0 saturated carbocycles. The molecule has 15 nitrogen and oxygen atoms in total. The number of hydrogen-bond acceptors (Lipinski definition) is 15. The molecule has 0 aromatic carbocycles. The van der Waals surface area contributed by atoms with Crippen molar-refractivity contribution in [3.63, 3.8) is 0 Å². The van der Waals surface area contributed by atoms with Gasteiger partial charge in [0.25, 0.3) is 0 Å². The van der Waals surface area contributed by atoms with Crippen LogP contribution in [0, 0.1) is 98.8 Å². The van der Waals surface area contributed by atoms with Gasteiger partial charge in [-0.3, -0.25) is 0 Å². The van der Waals surface area contributed by atoms with Gasteiger partial charge in [-0.05, 0) is 36.4 Å². The van der Waals surface area contributed by atoms with E-state index >= 15 is 0 Å². The fourth-order valence-corrected chi connectivity index (χ4v) is 1.99. The van der Waals surface area contributed by atoms with Crippen LogP contribution < -0.4 is 30.6 Å². The molecule has 17 heteroatoms. The summed E-state index contributed by atoms with van der Waals surface area (Å²) >= 11 is 0. The minimum absolute atomic E-state index is 0. The van der Waals surface area contributed by atoms with E-state index in [-0.39, 0.29) is 98.8 Å². The van der Waals surface area contributed by atoms with Crippen LogP contribution in [0.25, 0.3) is 0 Å². The van der Waals surface area contributed by atoms with Crippen molar-refractivity contribution in [1.82, 2.24) is 15.0 Å². The van der Waals surface area contributed by atoms with Crippen molar-refractivity contribution in [2.24, 2.45) is 0 Å². The number of aromatic carboxylic acids is 6. The van der Waals surface area contributed by atoms with Gasteiger partial charge in [-0.1, -0.05) is 18.2 Å². The predicted molar refractivity (Wildman–Crippen MR) is 98.7 cm³/mol. The first-order chi connectivity index (χ1) is 16.8. The van der Waals surface area contributed by atoms with Crippen LogP contribution in [0.5, 0.6) is 0 Å². The monoisotopic (exact) mass is 801 g/mol. The van der Waals surface area contributed by atoms with Gasteiger partial charge in [0.2, 0.25) is 0 Å². The molecule has 0 aliphatic carbocycles. The van der Waals surface area contributed by atoms with E-state index in [4.69, 9.17) is 0 Å². The van der Waals surface area contributed by atoms with Gasteiger partial charge in [-0.25, -0.2) is 15.0 Å². The van der Waals surface area contributed by atoms with Gasteiger partial charge < -0.3 is 59.4 Å². The van der Waals surface area contributed by atoms with E-state index in [2.05, 4.69) is 15.0 Å². The van der Waals surface area contributed by atoms with Crippen LogP contribution in [0.4, 0.5) is 0 Å². The average molecular weight is 799 g/mol. The normalized spacial score (nSPS) is 8.84. The van der Waals surface area contributed by atoms with Crippen molar-refractivity contribution in [2.75, 3.05) is 0 Å². The first-order valence-electron chi connectivity index (χ1n) is 9.02. The van der Waals surface area contributed by atoms with Crippen LogP contribution in [0.2, 0.25) is 0 Å². The van der Waals surface area contributed by atoms with Crippen LogP contribution in [0.15, 0.2) is 54.6 Å². The Balaban J connectivity index is 0. The summed E-state index contributed by atoms with van der Waals surface area (Å²) in [4.78, 5) is 70.9. The molecule has 194 valence electrons. The second kappa shape index (κ2) is 18.7. The standard InChI is InChI=1S/3C7H5NO4.2Eu/c3*9-6(10)4-2-1-3-5(8-4)7(11)12;;/h3*1-3H,(H,9,10)(H,11,12);;/q;;;2*+3/p-6. The molecule has 3 rings (SSSR count). The SMILES string of the molecule is O=C([O-])c1cccc(C(=O)[O-])n1.O=C([O-])c1cccc(C(=O)[O-])n1.O=C([O-])c1cccc(C(=O)[O-])n1.[Eu+3].[Eu+3]. The van der Waals surface area contributed by atoms with E-state index in [1.807, 2.05) is 0 Å². The number of pyridine rings is 3. The van der Waals surface area contributed by atoms with Crippen molar-refractivity contribution in [1.29, 1.82) is 0 Å². The Morgan fingerprint density at radius 2 is 0.500 bits per heavy atom. The van der Waals surface area contributed by atoms with Gasteiger partial charge in [0.05, 0.1) is 70.0 Å². The summed E-state index contributed by atoms with van der Waals surface area (Å²) in [7, 11) is 0. The number of carbonyl (C=O) groups is 6. The number of rotatable bonds is 6. The molecule has 0 spiro atoms. The third-order valence-electron chi connectivity index (χ3n) is 3.50. The Morgan fingerprint density at radius 3 is 0.605 bits per heavy atom. The van der Waals surface area contributed by atoms with Gasteiger partial charge in [0.15, 0.2) is 0 Å². The Hall–Kier alpha value is -2.56. The Kier molecular flexibility index (Phi) is 18.4. The van der Waals surface area contributed by atoms with Gasteiger partial charge >= 0.3 is 98.8 Å². The van der Waals surface area contributed by atoms with Crippen LogP contribution >= 0.6 is 0 Å². The van der Waals surface area contributed by atoms with Crippen molar-refractivity contribution < 1.29 is 158 Å². The average Bonchev–Trinajstić information content (AvgIpc) is 2.85. The molecule has 0 radical (unpaired) electrons. The van der Waals surface area contributed by atoms with Crippen molar-refractivity contribution in [2.45, 2.75) is 0 Å². The maximum absolute atomic E-state index is 10.2. The fraction of sp³-hybridized carbons (Fsp3) is 0. The molecule has 0 saturated heterocycles. The van der Waals surface area contributed by atoms with Crippen molar-refractivity contribution in [3.05, 3.63) is 88.8 Å². The summed E-state index contributed by atoms with van der Waals surface area (Å²) in [6.45, 7) is 0. The molecular weight excluding hydrogens is 790 g/mol. The second-order valence-corrected chi connectivity index (χ2v) is 5.95. The molecule has 0 atom stereocenters. The van der Waals surface area contributed by atoms with E-state index in [1.54, 1.807) is 0 Å². The van der Waals surface area contributed by atoms with Gasteiger partial charge in [-0.2, -0.15) is 0 Å². The first kappa shape index (κ1) is 37.6. The van der Waals surface area contributed by atoms with Crippen LogP contribution in [0.1, 0.15) is 62.9 Å². The minimum atomic E-state index is -1.52. The molecule has 3 heterocycles. The minimum Gasteiger partial charge on any atom is -0.543 e. The van der Waals surface area contributed by atoms with Crippen molar-refractivity contribution >= 4 is 35.8 Å².